The van der Waals surface area contributed by atoms with E-state index >= 15 is 0 Å². The van der Waals surface area contributed by atoms with Crippen LogP contribution in [0.5, 0.6) is 46.0 Å². The molecule has 16 aromatic carbocycles. The highest BCUT2D eigenvalue weighted by atomic mass is 16.6. The molecule has 0 bridgehead atoms. The van der Waals surface area contributed by atoms with E-state index in [2.05, 4.69) is 341 Å². The van der Waals surface area contributed by atoms with Gasteiger partial charge < -0.3 is 33.2 Å². The van der Waals surface area contributed by atoms with Gasteiger partial charge in [-0.2, -0.15) is 0 Å². The van der Waals surface area contributed by atoms with Crippen LogP contribution < -0.4 is 28.7 Å². The van der Waals surface area contributed by atoms with Gasteiger partial charge in [-0.3, -0.25) is 0 Å². The average molecular weight is 1420 g/mol. The zero-order valence-corrected chi connectivity index (χ0v) is 61.1. The summed E-state index contributed by atoms with van der Waals surface area (Å²) in [6.45, 7) is 9.01. The van der Waals surface area contributed by atoms with Crippen molar-refractivity contribution in [3.8, 4) is 79.4 Å². The fraction of sp³-hybridized carbons (Fsp3) is 0.0680. The van der Waals surface area contributed by atoms with Crippen molar-refractivity contribution in [2.45, 2.75) is 43.9 Å². The van der Waals surface area contributed by atoms with Crippen LogP contribution in [0.25, 0.3) is 55.3 Å². The third-order valence-corrected chi connectivity index (χ3v) is 23.3. The highest BCUT2D eigenvalue weighted by Crippen LogP contribution is 2.66. The Morgan fingerprint density at radius 2 is 0.618 bits per heavy atom. The van der Waals surface area contributed by atoms with Crippen molar-refractivity contribution < 1.29 is 23.4 Å². The Morgan fingerprint density at radius 1 is 0.236 bits per heavy atom. The maximum Gasteiger partial charge on any atom is 0.178 e. The molecule has 3 aliphatic carbocycles. The molecule has 2 aliphatic heterocycles. The Kier molecular flexibility index (Phi) is 14.7. The summed E-state index contributed by atoms with van der Waals surface area (Å²) in [5.41, 5.74) is 28.4. The zero-order chi connectivity index (χ0) is 73.4. The Balaban J connectivity index is 0.000000140. The molecule has 3 heterocycles. The van der Waals surface area contributed by atoms with E-state index in [1.54, 1.807) is 0 Å². The first-order valence-electron chi connectivity index (χ1n) is 37.8. The monoisotopic (exact) mass is 1420 g/mol. The SMILES string of the molecule is Cc1cccc(N(c2ccc(C3(c4ccc5c(c4)-c4ccccc4C5(C)C)c4ccccc4-c4c3ccc3c4Oc4ccccc4O3)cc2)c2cccc(C)c2)c1.c1ccc(N(c2ccccc2)c2ccc(C3(c4ccc5c(c4)oc4ccccc45)c4ccccc4-c4c3ccc3c4Oc4ccccc4O3)cc2)cc1. The smallest absolute Gasteiger partial charge is 0.178 e. The molecule has 524 valence electrons. The van der Waals surface area contributed by atoms with Crippen molar-refractivity contribution in [2.75, 3.05) is 9.80 Å². The van der Waals surface area contributed by atoms with Crippen LogP contribution in [0.3, 0.4) is 0 Å². The van der Waals surface area contributed by atoms with Gasteiger partial charge in [0.15, 0.2) is 46.0 Å². The van der Waals surface area contributed by atoms with E-state index in [0.717, 1.165) is 124 Å². The van der Waals surface area contributed by atoms with Crippen molar-refractivity contribution in [3.05, 3.63) is 431 Å². The molecule has 22 rings (SSSR count). The molecular formula is C103H72N2O5. The lowest BCUT2D eigenvalue weighted by atomic mass is 9.67. The van der Waals surface area contributed by atoms with Crippen LogP contribution in [0.4, 0.5) is 34.1 Å². The number of para-hydroxylation sites is 7. The van der Waals surface area contributed by atoms with Gasteiger partial charge in [-0.1, -0.05) is 250 Å². The Bertz CT molecular complexity index is 6470. The number of benzene rings is 16. The van der Waals surface area contributed by atoms with Gasteiger partial charge in [0, 0.05) is 61.4 Å². The van der Waals surface area contributed by atoms with Crippen LogP contribution in [0.1, 0.15) is 80.6 Å². The quantitative estimate of drug-likeness (QED) is 0.135. The normalized spacial score (nSPS) is 15.7. The molecule has 0 radical (unpaired) electrons. The summed E-state index contributed by atoms with van der Waals surface area (Å²) in [7, 11) is 0. The van der Waals surface area contributed by atoms with Crippen LogP contribution in [-0.2, 0) is 16.2 Å². The van der Waals surface area contributed by atoms with Crippen LogP contribution in [0.2, 0.25) is 0 Å². The standard InChI is InChI=1S/C54H41NO2.C49H31NO3/c1-34-13-11-15-39(31-34)55(40-16-12-14-35(2)32-40)38-26-23-36(24-27-38)54(37-25-28-45-43(33-37)41-17-5-7-19-44(41)53(45,3)4)46-20-8-6-18-42(46)51-47(54)29-30-50-52(51)57-49-22-10-9-21-48(49)56-50;1-3-13-34(14-4-1)50(35-15-5-2-6-16-35)36-26-23-32(24-27-36)49(33-25-28-38-37-17-8-10-20-42(37)51-46(38)31-33)40-19-9-7-18-39(40)47-41(49)29-30-45-48(47)53-44-22-12-11-21-43(44)52-45/h5-33H,1-4H3;1-31H. The van der Waals surface area contributed by atoms with E-state index < -0.39 is 10.8 Å². The van der Waals surface area contributed by atoms with Crippen molar-refractivity contribution in [3.63, 3.8) is 0 Å². The van der Waals surface area contributed by atoms with Gasteiger partial charge in [0.05, 0.1) is 10.8 Å². The predicted molar refractivity (Wildman–Crippen MR) is 444 cm³/mol. The van der Waals surface area contributed by atoms with E-state index in [1.165, 1.54) is 61.2 Å². The van der Waals surface area contributed by atoms with Gasteiger partial charge in [0.2, 0.25) is 0 Å². The predicted octanol–water partition coefficient (Wildman–Crippen LogP) is 27.7. The molecule has 2 unspecified atom stereocenters. The van der Waals surface area contributed by atoms with Crippen LogP contribution in [0.15, 0.2) is 368 Å². The topological polar surface area (TPSA) is 56.5 Å². The molecule has 0 saturated carbocycles. The summed E-state index contributed by atoms with van der Waals surface area (Å²) >= 11 is 0. The molecular weight excluding hydrogens is 1350 g/mol. The second kappa shape index (κ2) is 25.1. The van der Waals surface area contributed by atoms with Gasteiger partial charge in [-0.25, -0.2) is 0 Å². The number of fused-ring (bicyclic) bond motifs is 18. The lowest BCUT2D eigenvalue weighted by Gasteiger charge is -2.35. The van der Waals surface area contributed by atoms with Crippen molar-refractivity contribution in [1.82, 2.24) is 0 Å². The highest BCUT2D eigenvalue weighted by Gasteiger charge is 2.51. The summed E-state index contributed by atoms with van der Waals surface area (Å²) < 4.78 is 33.1. The Morgan fingerprint density at radius 3 is 1.15 bits per heavy atom. The maximum absolute atomic E-state index is 6.83. The summed E-state index contributed by atoms with van der Waals surface area (Å²) in [6, 6.07) is 130. The molecule has 0 amide bonds. The van der Waals surface area contributed by atoms with Crippen molar-refractivity contribution in [2.24, 2.45) is 0 Å². The van der Waals surface area contributed by atoms with E-state index in [9.17, 15) is 0 Å². The molecule has 7 nitrogen and oxygen atoms in total. The number of aryl methyl sites for hydroxylation is 2. The minimum Gasteiger partial charge on any atom is -0.456 e. The number of furan rings is 1. The molecule has 2 atom stereocenters. The first-order valence-corrected chi connectivity index (χ1v) is 37.8. The lowest BCUT2D eigenvalue weighted by Crippen LogP contribution is -2.29. The molecule has 7 heteroatoms. The van der Waals surface area contributed by atoms with E-state index in [-0.39, 0.29) is 5.41 Å². The van der Waals surface area contributed by atoms with E-state index in [4.69, 9.17) is 23.4 Å². The first-order chi connectivity index (χ1) is 54.1. The third-order valence-electron chi connectivity index (χ3n) is 23.3. The fourth-order valence-corrected chi connectivity index (χ4v) is 18.5. The molecule has 17 aromatic rings. The Hall–Kier alpha value is -13.9. The zero-order valence-electron chi connectivity index (χ0n) is 61.1. The lowest BCUT2D eigenvalue weighted by molar-refractivity contribution is 0.360. The summed E-state index contributed by atoms with van der Waals surface area (Å²) in [5.74, 6) is 5.79. The minimum atomic E-state index is -0.697. The number of hydrogen-bond donors (Lipinski definition) is 0. The maximum atomic E-state index is 6.83. The summed E-state index contributed by atoms with van der Waals surface area (Å²) in [5, 5.41) is 2.21. The van der Waals surface area contributed by atoms with Gasteiger partial charge in [0.1, 0.15) is 11.2 Å². The van der Waals surface area contributed by atoms with Crippen LogP contribution in [-0.4, -0.2) is 0 Å². The number of anilines is 6. The molecule has 5 aliphatic rings. The number of nitrogens with zero attached hydrogens (tertiary/aromatic N) is 2. The first kappa shape index (κ1) is 64.5. The second-order valence-corrected chi connectivity index (χ2v) is 29.9. The number of hydrogen-bond acceptors (Lipinski definition) is 7. The Labute approximate surface area is 639 Å². The van der Waals surface area contributed by atoms with E-state index in [1.807, 2.05) is 60.7 Å². The molecule has 1 aromatic heterocycles. The molecule has 0 spiro atoms. The van der Waals surface area contributed by atoms with Gasteiger partial charge in [-0.15, -0.1) is 0 Å². The summed E-state index contributed by atoms with van der Waals surface area (Å²) in [6.07, 6.45) is 0. The van der Waals surface area contributed by atoms with Crippen molar-refractivity contribution >= 4 is 56.1 Å². The average Bonchev–Trinajstić information content (AvgIpc) is 1.52. The van der Waals surface area contributed by atoms with Gasteiger partial charge in [0.25, 0.3) is 0 Å². The molecule has 0 fully saturated rings. The number of ether oxygens (including phenoxy) is 4. The van der Waals surface area contributed by atoms with Gasteiger partial charge in [-0.05, 0) is 230 Å². The van der Waals surface area contributed by atoms with Crippen molar-refractivity contribution in [1.29, 1.82) is 0 Å². The number of rotatable bonds is 10. The highest BCUT2D eigenvalue weighted by molar-refractivity contribution is 6.06. The van der Waals surface area contributed by atoms with Crippen LogP contribution >= 0.6 is 0 Å². The molecule has 110 heavy (non-hydrogen) atoms. The largest absolute Gasteiger partial charge is 0.456 e. The molecule has 0 N–H and O–H groups in total. The van der Waals surface area contributed by atoms with Gasteiger partial charge >= 0.3 is 0 Å². The molecule has 0 saturated heterocycles. The van der Waals surface area contributed by atoms with Crippen LogP contribution in [0, 0.1) is 13.8 Å². The fourth-order valence-electron chi connectivity index (χ4n) is 18.5. The summed E-state index contributed by atoms with van der Waals surface area (Å²) in [4.78, 5) is 4.66. The third kappa shape index (κ3) is 9.83. The minimum absolute atomic E-state index is 0.0998. The second-order valence-electron chi connectivity index (χ2n) is 29.9. The van der Waals surface area contributed by atoms with E-state index in [0.29, 0.717) is 17.2 Å².